The van der Waals surface area contributed by atoms with Gasteiger partial charge < -0.3 is 19.6 Å². The zero-order valence-electron chi connectivity index (χ0n) is 10.1. The summed E-state index contributed by atoms with van der Waals surface area (Å²) in [6.45, 7) is -0.409. The Kier molecular flexibility index (Phi) is 4.41. The van der Waals surface area contributed by atoms with Gasteiger partial charge in [-0.05, 0) is 46.3 Å². The number of anilines is 1. The lowest BCUT2D eigenvalue weighted by atomic mass is 10.2. The summed E-state index contributed by atoms with van der Waals surface area (Å²) in [6, 6.07) is 7.92. The summed E-state index contributed by atoms with van der Waals surface area (Å²) in [6.07, 6.45) is 1.40. The standard InChI is InChI=1S/C13H10BrNO5/c14-12-10(5-6-19-12)13(18)15-8-1-3-9(4-2-8)20-7-11(16)17/h1-6H,7H2,(H,15,18)(H,16,17). The van der Waals surface area contributed by atoms with Gasteiger partial charge in [0.25, 0.3) is 5.91 Å². The summed E-state index contributed by atoms with van der Waals surface area (Å²) in [7, 11) is 0. The van der Waals surface area contributed by atoms with E-state index in [0.717, 1.165) is 0 Å². The topological polar surface area (TPSA) is 88.8 Å². The molecule has 1 heterocycles. The average molecular weight is 340 g/mol. The molecule has 0 saturated carbocycles. The van der Waals surface area contributed by atoms with Crippen LogP contribution < -0.4 is 10.1 Å². The van der Waals surface area contributed by atoms with Crippen LogP contribution in [0, 0.1) is 0 Å². The highest BCUT2D eigenvalue weighted by molar-refractivity contribution is 9.10. The maximum absolute atomic E-state index is 11.9. The van der Waals surface area contributed by atoms with Crippen LogP contribution in [0.1, 0.15) is 10.4 Å². The molecule has 0 bridgehead atoms. The number of hydrogen-bond acceptors (Lipinski definition) is 4. The number of benzene rings is 1. The first-order valence-corrected chi connectivity index (χ1v) is 6.34. The summed E-state index contributed by atoms with van der Waals surface area (Å²) < 4.78 is 10.3. The second kappa shape index (κ2) is 6.25. The first-order chi connectivity index (χ1) is 9.56. The van der Waals surface area contributed by atoms with Crippen LogP contribution in [0.2, 0.25) is 0 Å². The van der Waals surface area contributed by atoms with Gasteiger partial charge in [0.15, 0.2) is 11.3 Å². The van der Waals surface area contributed by atoms with Gasteiger partial charge in [0.1, 0.15) is 5.75 Å². The van der Waals surface area contributed by atoms with Crippen molar-refractivity contribution in [1.82, 2.24) is 0 Å². The van der Waals surface area contributed by atoms with Crippen LogP contribution in [0.3, 0.4) is 0 Å². The molecule has 0 aliphatic carbocycles. The van der Waals surface area contributed by atoms with Gasteiger partial charge in [-0.2, -0.15) is 0 Å². The van der Waals surface area contributed by atoms with Gasteiger partial charge in [-0.3, -0.25) is 4.79 Å². The Morgan fingerprint density at radius 1 is 1.25 bits per heavy atom. The van der Waals surface area contributed by atoms with Crippen molar-refractivity contribution in [3.05, 3.63) is 46.8 Å². The van der Waals surface area contributed by atoms with Crippen LogP contribution in [0.5, 0.6) is 5.75 Å². The third kappa shape index (κ3) is 3.61. The maximum Gasteiger partial charge on any atom is 0.341 e. The van der Waals surface area contributed by atoms with Crippen LogP contribution in [0.4, 0.5) is 5.69 Å². The predicted molar refractivity (Wildman–Crippen MR) is 73.9 cm³/mol. The van der Waals surface area contributed by atoms with Gasteiger partial charge in [0.2, 0.25) is 0 Å². The van der Waals surface area contributed by atoms with E-state index >= 15 is 0 Å². The van der Waals surface area contributed by atoms with Gasteiger partial charge in [-0.1, -0.05) is 0 Å². The number of ether oxygens (including phenoxy) is 1. The van der Waals surface area contributed by atoms with Gasteiger partial charge in [0.05, 0.1) is 11.8 Å². The number of aliphatic carboxylic acids is 1. The predicted octanol–water partition coefficient (Wildman–Crippen LogP) is 2.76. The highest BCUT2D eigenvalue weighted by Crippen LogP contribution is 2.20. The molecule has 20 heavy (non-hydrogen) atoms. The molecule has 7 heteroatoms. The number of halogens is 1. The number of carboxylic acid groups (broad SMARTS) is 1. The van der Waals surface area contributed by atoms with Crippen molar-refractivity contribution in [1.29, 1.82) is 0 Å². The SMILES string of the molecule is O=C(O)COc1ccc(NC(=O)c2ccoc2Br)cc1. The summed E-state index contributed by atoms with van der Waals surface area (Å²) in [5.74, 6) is -0.952. The Balaban J connectivity index is 1.99. The van der Waals surface area contributed by atoms with E-state index in [-0.39, 0.29) is 5.91 Å². The third-order valence-electron chi connectivity index (χ3n) is 2.34. The van der Waals surface area contributed by atoms with E-state index in [9.17, 15) is 9.59 Å². The van der Waals surface area contributed by atoms with Crippen molar-refractivity contribution in [2.75, 3.05) is 11.9 Å². The number of carboxylic acids is 1. The molecule has 0 aliphatic heterocycles. The zero-order valence-corrected chi connectivity index (χ0v) is 11.7. The lowest BCUT2D eigenvalue weighted by molar-refractivity contribution is -0.139. The van der Waals surface area contributed by atoms with Crippen molar-refractivity contribution < 1.29 is 23.8 Å². The van der Waals surface area contributed by atoms with E-state index in [0.29, 0.717) is 21.7 Å². The minimum absolute atomic E-state index is 0.315. The fourth-order valence-electron chi connectivity index (χ4n) is 1.43. The summed E-state index contributed by atoms with van der Waals surface area (Å²) >= 11 is 3.12. The van der Waals surface area contributed by atoms with Gasteiger partial charge in [-0.15, -0.1) is 0 Å². The number of carbonyl (C=O) groups excluding carboxylic acids is 1. The number of carbonyl (C=O) groups is 2. The number of rotatable bonds is 5. The second-order valence-electron chi connectivity index (χ2n) is 3.77. The lowest BCUT2D eigenvalue weighted by Gasteiger charge is -2.06. The highest BCUT2D eigenvalue weighted by atomic mass is 79.9. The second-order valence-corrected chi connectivity index (χ2v) is 4.49. The largest absolute Gasteiger partial charge is 0.482 e. The maximum atomic E-state index is 11.9. The Morgan fingerprint density at radius 3 is 2.50 bits per heavy atom. The summed E-state index contributed by atoms with van der Waals surface area (Å²) in [4.78, 5) is 22.2. The van der Waals surface area contributed by atoms with Gasteiger partial charge in [-0.25, -0.2) is 4.79 Å². The molecule has 2 aromatic rings. The summed E-state index contributed by atoms with van der Waals surface area (Å²) in [5.41, 5.74) is 0.946. The van der Waals surface area contributed by atoms with Crippen LogP contribution >= 0.6 is 15.9 Å². The molecule has 1 amide bonds. The Bertz CT molecular complexity index is 620. The molecule has 6 nitrogen and oxygen atoms in total. The molecule has 1 aromatic heterocycles. The van der Waals surface area contributed by atoms with E-state index in [2.05, 4.69) is 21.2 Å². The molecule has 2 rings (SSSR count). The number of nitrogens with one attached hydrogen (secondary N) is 1. The molecule has 0 fully saturated rings. The minimum Gasteiger partial charge on any atom is -0.482 e. The molecule has 0 saturated heterocycles. The average Bonchev–Trinajstić information content (AvgIpc) is 2.84. The third-order valence-corrected chi connectivity index (χ3v) is 2.95. The first-order valence-electron chi connectivity index (χ1n) is 5.55. The molecule has 1 aromatic carbocycles. The van der Waals surface area contributed by atoms with Crippen LogP contribution in [0.15, 0.2) is 45.7 Å². The molecular formula is C13H10BrNO5. The van der Waals surface area contributed by atoms with Crippen molar-refractivity contribution in [2.24, 2.45) is 0 Å². The normalized spacial score (nSPS) is 10.1. The molecule has 0 radical (unpaired) electrons. The number of hydrogen-bond donors (Lipinski definition) is 2. The lowest BCUT2D eigenvalue weighted by Crippen LogP contribution is -2.12. The van der Waals surface area contributed by atoms with E-state index in [1.54, 1.807) is 30.3 Å². The summed E-state index contributed by atoms with van der Waals surface area (Å²) in [5, 5.41) is 11.2. The molecule has 0 spiro atoms. The Hall–Kier alpha value is -2.28. The smallest absolute Gasteiger partial charge is 0.341 e. The zero-order chi connectivity index (χ0) is 14.5. The molecular weight excluding hydrogens is 330 g/mol. The Morgan fingerprint density at radius 2 is 1.95 bits per heavy atom. The first kappa shape index (κ1) is 14.1. The Labute approximate surface area is 122 Å². The van der Waals surface area contributed by atoms with Crippen molar-refractivity contribution in [3.63, 3.8) is 0 Å². The highest BCUT2D eigenvalue weighted by Gasteiger charge is 2.12. The van der Waals surface area contributed by atoms with Crippen LogP contribution in [-0.4, -0.2) is 23.6 Å². The number of amides is 1. The molecule has 0 aliphatic rings. The van der Waals surface area contributed by atoms with Crippen molar-refractivity contribution >= 4 is 33.5 Å². The van der Waals surface area contributed by atoms with Crippen molar-refractivity contribution in [3.8, 4) is 5.75 Å². The van der Waals surface area contributed by atoms with E-state index in [1.807, 2.05) is 0 Å². The quantitative estimate of drug-likeness (QED) is 0.874. The van der Waals surface area contributed by atoms with Crippen molar-refractivity contribution in [2.45, 2.75) is 0 Å². The van der Waals surface area contributed by atoms with Crippen LogP contribution in [-0.2, 0) is 4.79 Å². The molecule has 0 unspecified atom stereocenters. The van der Waals surface area contributed by atoms with Gasteiger partial charge in [0, 0.05) is 5.69 Å². The minimum atomic E-state index is -1.05. The fourth-order valence-corrected chi connectivity index (χ4v) is 1.85. The van der Waals surface area contributed by atoms with Gasteiger partial charge >= 0.3 is 5.97 Å². The molecule has 2 N–H and O–H groups in total. The number of furan rings is 1. The van der Waals surface area contributed by atoms with E-state index in [1.165, 1.54) is 6.26 Å². The van der Waals surface area contributed by atoms with Crippen LogP contribution in [0.25, 0.3) is 0 Å². The van der Waals surface area contributed by atoms with E-state index in [4.69, 9.17) is 14.3 Å². The molecule has 104 valence electrons. The molecule has 0 atom stereocenters. The van der Waals surface area contributed by atoms with E-state index < -0.39 is 12.6 Å². The fraction of sp³-hybridized carbons (Fsp3) is 0.0769. The monoisotopic (exact) mass is 339 g/mol.